The molecule has 0 aliphatic rings. The highest BCUT2D eigenvalue weighted by Crippen LogP contribution is 2.26. The first-order chi connectivity index (χ1) is 12.0. The molecule has 0 saturated heterocycles. The molecule has 25 heavy (non-hydrogen) atoms. The van der Waals surface area contributed by atoms with Crippen LogP contribution in [0.25, 0.3) is 0 Å². The van der Waals surface area contributed by atoms with Crippen LogP contribution in [-0.2, 0) is 12.8 Å². The summed E-state index contributed by atoms with van der Waals surface area (Å²) >= 11 is 5.72. The predicted octanol–water partition coefficient (Wildman–Crippen LogP) is 3.54. The van der Waals surface area contributed by atoms with Crippen LogP contribution in [0.5, 0.6) is 11.5 Å². The molecule has 0 aliphatic heterocycles. The van der Waals surface area contributed by atoms with E-state index in [9.17, 15) is 9.18 Å². The predicted molar refractivity (Wildman–Crippen MR) is 88.1 cm³/mol. The van der Waals surface area contributed by atoms with Crippen LogP contribution < -0.4 is 10.5 Å². The van der Waals surface area contributed by atoms with Crippen molar-refractivity contribution < 1.29 is 18.4 Å². The number of hydrogen-bond donors (Lipinski definition) is 1. The first-order valence-corrected chi connectivity index (χ1v) is 7.73. The van der Waals surface area contributed by atoms with Crippen molar-refractivity contribution in [2.75, 3.05) is 0 Å². The Morgan fingerprint density at radius 1 is 1.16 bits per heavy atom. The summed E-state index contributed by atoms with van der Waals surface area (Å²) in [6, 6.07) is 11.5. The average molecular weight is 362 g/mol. The number of primary amides is 1. The summed E-state index contributed by atoms with van der Waals surface area (Å²) in [5, 5.41) is 3.49. The molecular weight excluding hydrogens is 349 g/mol. The van der Waals surface area contributed by atoms with Crippen molar-refractivity contribution >= 4 is 17.5 Å². The van der Waals surface area contributed by atoms with Crippen molar-refractivity contribution in [2.45, 2.75) is 12.8 Å². The lowest BCUT2D eigenvalue weighted by atomic mass is 10.1. The fourth-order valence-electron chi connectivity index (χ4n) is 2.11. The standard InChI is InChI=1S/C17H13ClFN3O3/c18-13-9-12(6-7-14(13)19)24-11-4-1-10(2-5-11)3-8-15-21-17(16(20)23)22-25-15/h1-2,4-7,9H,3,8H2,(H2,20,23). The maximum absolute atomic E-state index is 13.1. The summed E-state index contributed by atoms with van der Waals surface area (Å²) in [7, 11) is 0. The number of hydrogen-bond acceptors (Lipinski definition) is 5. The van der Waals surface area contributed by atoms with Gasteiger partial charge in [-0.1, -0.05) is 28.9 Å². The normalized spacial score (nSPS) is 10.6. The maximum atomic E-state index is 13.1. The van der Waals surface area contributed by atoms with Gasteiger partial charge >= 0.3 is 0 Å². The molecule has 2 N–H and O–H groups in total. The van der Waals surface area contributed by atoms with Crippen LogP contribution in [0.2, 0.25) is 5.02 Å². The molecule has 2 aromatic carbocycles. The van der Waals surface area contributed by atoms with E-state index >= 15 is 0 Å². The Hall–Kier alpha value is -2.93. The Morgan fingerprint density at radius 3 is 2.52 bits per heavy atom. The largest absolute Gasteiger partial charge is 0.457 e. The van der Waals surface area contributed by atoms with Crippen LogP contribution in [-0.4, -0.2) is 16.0 Å². The van der Waals surface area contributed by atoms with Gasteiger partial charge in [0.05, 0.1) is 5.02 Å². The molecule has 0 unspecified atom stereocenters. The van der Waals surface area contributed by atoms with Gasteiger partial charge in [-0.25, -0.2) is 4.39 Å². The molecule has 0 saturated carbocycles. The minimum Gasteiger partial charge on any atom is -0.457 e. The zero-order valence-electron chi connectivity index (χ0n) is 12.9. The van der Waals surface area contributed by atoms with Crippen LogP contribution in [0.15, 0.2) is 47.0 Å². The van der Waals surface area contributed by atoms with E-state index in [0.717, 1.165) is 5.56 Å². The van der Waals surface area contributed by atoms with E-state index in [4.69, 9.17) is 26.6 Å². The van der Waals surface area contributed by atoms with Crippen LogP contribution in [0.3, 0.4) is 0 Å². The second-order valence-electron chi connectivity index (χ2n) is 5.20. The zero-order valence-corrected chi connectivity index (χ0v) is 13.7. The van der Waals surface area contributed by atoms with Crippen molar-refractivity contribution in [3.8, 4) is 11.5 Å². The Morgan fingerprint density at radius 2 is 1.88 bits per heavy atom. The smallest absolute Gasteiger partial charge is 0.290 e. The molecule has 1 aromatic heterocycles. The molecule has 3 aromatic rings. The van der Waals surface area contributed by atoms with E-state index in [0.29, 0.717) is 30.2 Å². The SMILES string of the molecule is NC(=O)c1noc(CCc2ccc(Oc3ccc(F)c(Cl)c3)cc2)n1. The molecular formula is C17H13ClFN3O3. The highest BCUT2D eigenvalue weighted by atomic mass is 35.5. The summed E-state index contributed by atoms with van der Waals surface area (Å²) in [5.41, 5.74) is 6.08. The zero-order chi connectivity index (χ0) is 17.8. The van der Waals surface area contributed by atoms with E-state index in [1.165, 1.54) is 18.2 Å². The minimum absolute atomic E-state index is 0.00371. The number of ether oxygens (including phenoxy) is 1. The van der Waals surface area contributed by atoms with Gasteiger partial charge in [-0.05, 0) is 36.2 Å². The number of amides is 1. The van der Waals surface area contributed by atoms with E-state index < -0.39 is 11.7 Å². The molecule has 0 spiro atoms. The number of nitrogens with zero attached hydrogens (tertiary/aromatic N) is 2. The van der Waals surface area contributed by atoms with Gasteiger partial charge in [0.2, 0.25) is 5.89 Å². The number of benzene rings is 2. The van der Waals surface area contributed by atoms with E-state index in [1.54, 1.807) is 12.1 Å². The number of aromatic nitrogens is 2. The monoisotopic (exact) mass is 361 g/mol. The summed E-state index contributed by atoms with van der Waals surface area (Å²) < 4.78 is 23.7. The van der Waals surface area contributed by atoms with Crippen LogP contribution in [0, 0.1) is 5.82 Å². The summed E-state index contributed by atoms with van der Waals surface area (Å²) in [6.45, 7) is 0. The second kappa shape index (κ2) is 7.31. The van der Waals surface area contributed by atoms with Crippen molar-refractivity contribution in [3.63, 3.8) is 0 Å². The maximum Gasteiger partial charge on any atom is 0.290 e. The fourth-order valence-corrected chi connectivity index (χ4v) is 2.28. The van der Waals surface area contributed by atoms with Gasteiger partial charge in [-0.15, -0.1) is 0 Å². The minimum atomic E-state index is -0.725. The van der Waals surface area contributed by atoms with Gasteiger partial charge in [-0.2, -0.15) is 4.98 Å². The van der Waals surface area contributed by atoms with Crippen LogP contribution in [0.1, 0.15) is 22.1 Å². The Kier molecular flexibility index (Phi) is 4.95. The molecule has 0 atom stereocenters. The van der Waals surface area contributed by atoms with Crippen molar-refractivity contribution in [1.29, 1.82) is 0 Å². The van der Waals surface area contributed by atoms with Crippen molar-refractivity contribution in [3.05, 3.63) is 70.6 Å². The summed E-state index contributed by atoms with van der Waals surface area (Å²) in [4.78, 5) is 14.8. The van der Waals surface area contributed by atoms with E-state index in [-0.39, 0.29) is 10.8 Å². The second-order valence-corrected chi connectivity index (χ2v) is 5.61. The Balaban J connectivity index is 1.59. The molecule has 6 nitrogen and oxygen atoms in total. The third kappa shape index (κ3) is 4.33. The molecule has 0 aliphatic carbocycles. The lowest BCUT2D eigenvalue weighted by Gasteiger charge is -2.07. The number of aryl methyl sites for hydroxylation is 2. The van der Waals surface area contributed by atoms with E-state index in [2.05, 4.69) is 10.1 Å². The molecule has 3 rings (SSSR count). The highest BCUT2D eigenvalue weighted by molar-refractivity contribution is 6.30. The van der Waals surface area contributed by atoms with Gasteiger partial charge in [0.15, 0.2) is 0 Å². The van der Waals surface area contributed by atoms with Crippen LogP contribution in [0.4, 0.5) is 4.39 Å². The number of carbonyl (C=O) groups excluding carboxylic acids is 1. The number of rotatable bonds is 6. The highest BCUT2D eigenvalue weighted by Gasteiger charge is 2.11. The molecule has 0 fully saturated rings. The topological polar surface area (TPSA) is 91.2 Å². The quantitative estimate of drug-likeness (QED) is 0.725. The lowest BCUT2D eigenvalue weighted by molar-refractivity contribution is 0.0987. The Labute approximate surface area is 147 Å². The molecule has 0 radical (unpaired) electrons. The van der Waals surface area contributed by atoms with E-state index in [1.807, 2.05) is 12.1 Å². The third-order valence-corrected chi connectivity index (χ3v) is 3.66. The van der Waals surface area contributed by atoms with Gasteiger partial charge in [-0.3, -0.25) is 4.79 Å². The first-order valence-electron chi connectivity index (χ1n) is 7.35. The summed E-state index contributed by atoms with van der Waals surface area (Å²) in [6.07, 6.45) is 1.12. The van der Waals surface area contributed by atoms with Gasteiger partial charge in [0, 0.05) is 12.5 Å². The summed E-state index contributed by atoms with van der Waals surface area (Å²) in [5.74, 6) is 0.0401. The molecule has 8 heteroatoms. The van der Waals surface area contributed by atoms with Gasteiger partial charge in [0.25, 0.3) is 11.7 Å². The first kappa shape index (κ1) is 16.9. The molecule has 0 bridgehead atoms. The fraction of sp³-hybridized carbons (Fsp3) is 0.118. The van der Waals surface area contributed by atoms with Crippen molar-refractivity contribution in [2.24, 2.45) is 5.73 Å². The Bertz CT molecular complexity index is 896. The molecule has 1 heterocycles. The average Bonchev–Trinajstić information content (AvgIpc) is 3.07. The van der Waals surface area contributed by atoms with Gasteiger partial charge < -0.3 is 15.0 Å². The molecule has 1 amide bonds. The molecule has 128 valence electrons. The van der Waals surface area contributed by atoms with Gasteiger partial charge in [0.1, 0.15) is 17.3 Å². The lowest BCUT2D eigenvalue weighted by Crippen LogP contribution is -2.12. The number of carbonyl (C=O) groups is 1. The third-order valence-electron chi connectivity index (χ3n) is 3.37. The number of nitrogens with two attached hydrogens (primary N) is 1. The van der Waals surface area contributed by atoms with Crippen molar-refractivity contribution in [1.82, 2.24) is 10.1 Å². The number of halogens is 2. The van der Waals surface area contributed by atoms with Crippen LogP contribution >= 0.6 is 11.6 Å².